The van der Waals surface area contributed by atoms with Gasteiger partial charge in [0.05, 0.1) is 11.8 Å². The van der Waals surface area contributed by atoms with Crippen LogP contribution in [-0.2, 0) is 16.1 Å². The summed E-state index contributed by atoms with van der Waals surface area (Å²) < 4.78 is 0. The largest absolute Gasteiger partial charge is 0.481 e. The molecule has 112 valence electrons. The van der Waals surface area contributed by atoms with E-state index >= 15 is 0 Å². The van der Waals surface area contributed by atoms with E-state index in [9.17, 15) is 14.7 Å². The number of hydrogen-bond donors (Lipinski definition) is 2. The molecule has 0 unspecified atom stereocenters. The molecule has 1 amide bonds. The molecule has 1 aromatic rings. The third-order valence-corrected chi connectivity index (χ3v) is 5.02. The highest BCUT2D eigenvalue weighted by molar-refractivity contribution is 5.85. The zero-order valence-electron chi connectivity index (χ0n) is 11.9. The lowest BCUT2D eigenvalue weighted by Crippen LogP contribution is -2.50. The first kappa shape index (κ1) is 14.0. The molecule has 5 nitrogen and oxygen atoms in total. The van der Waals surface area contributed by atoms with Gasteiger partial charge < -0.3 is 10.4 Å². The van der Waals surface area contributed by atoms with Crippen molar-refractivity contribution in [1.29, 1.82) is 0 Å². The monoisotopic (exact) mass is 288 g/mol. The van der Waals surface area contributed by atoms with Crippen molar-refractivity contribution >= 4 is 11.9 Å². The van der Waals surface area contributed by atoms with Gasteiger partial charge in [0, 0.05) is 18.9 Å². The van der Waals surface area contributed by atoms with Gasteiger partial charge in [-0.2, -0.15) is 0 Å². The Labute approximate surface area is 123 Å². The molecular weight excluding hydrogens is 268 g/mol. The standard InChI is InChI=1S/C16H20N2O3/c19-15(18-9-10-5-7-17-8-6-10)13-11-1-3-12(4-2-11)14(13)16(20)21/h5-8,11-14H,1-4,9H2,(H,18,19)(H,20,21)/t11?,12?,13-,14+/m0/s1. The molecule has 4 rings (SSSR count). The second-order valence-electron chi connectivity index (χ2n) is 6.14. The summed E-state index contributed by atoms with van der Waals surface area (Å²) in [4.78, 5) is 28.0. The highest BCUT2D eigenvalue weighted by Gasteiger charge is 2.50. The van der Waals surface area contributed by atoms with Crippen LogP contribution in [0.3, 0.4) is 0 Å². The van der Waals surface area contributed by atoms with Crippen molar-refractivity contribution in [3.8, 4) is 0 Å². The van der Waals surface area contributed by atoms with Crippen molar-refractivity contribution in [2.75, 3.05) is 0 Å². The first-order valence-electron chi connectivity index (χ1n) is 7.56. The Morgan fingerprint density at radius 1 is 1.10 bits per heavy atom. The minimum absolute atomic E-state index is 0.103. The highest BCUT2D eigenvalue weighted by Crippen LogP contribution is 2.49. The van der Waals surface area contributed by atoms with Gasteiger partial charge in [0.15, 0.2) is 0 Å². The minimum Gasteiger partial charge on any atom is -0.481 e. The molecule has 0 spiro atoms. The molecular formula is C16H20N2O3. The van der Waals surface area contributed by atoms with E-state index in [1.165, 1.54) is 0 Å². The van der Waals surface area contributed by atoms with E-state index in [0.29, 0.717) is 6.54 Å². The number of carboxylic acids is 1. The second kappa shape index (κ2) is 5.84. The molecule has 0 saturated heterocycles. The summed E-state index contributed by atoms with van der Waals surface area (Å²) in [5.41, 5.74) is 0.978. The number of carbonyl (C=O) groups is 2. The Kier molecular flexibility index (Phi) is 3.90. The molecule has 21 heavy (non-hydrogen) atoms. The van der Waals surface area contributed by atoms with Crippen LogP contribution in [0.15, 0.2) is 24.5 Å². The Morgan fingerprint density at radius 2 is 1.67 bits per heavy atom. The van der Waals surface area contributed by atoms with Gasteiger partial charge in [-0.15, -0.1) is 0 Å². The normalized spacial score (nSPS) is 30.9. The van der Waals surface area contributed by atoms with Crippen molar-refractivity contribution in [2.45, 2.75) is 32.2 Å². The predicted octanol–water partition coefficient (Wildman–Crippen LogP) is 1.83. The van der Waals surface area contributed by atoms with Crippen molar-refractivity contribution in [1.82, 2.24) is 10.3 Å². The van der Waals surface area contributed by atoms with Crippen molar-refractivity contribution in [2.24, 2.45) is 23.7 Å². The maximum absolute atomic E-state index is 12.5. The van der Waals surface area contributed by atoms with Crippen LogP contribution < -0.4 is 5.32 Å². The fourth-order valence-electron chi connectivity index (χ4n) is 3.99. The molecule has 3 fully saturated rings. The number of aliphatic carboxylic acids is 1. The van der Waals surface area contributed by atoms with E-state index in [4.69, 9.17) is 0 Å². The molecule has 2 N–H and O–H groups in total. The lowest BCUT2D eigenvalue weighted by atomic mass is 9.58. The summed E-state index contributed by atoms with van der Waals surface area (Å²) >= 11 is 0. The average Bonchev–Trinajstić information content (AvgIpc) is 2.53. The summed E-state index contributed by atoms with van der Waals surface area (Å²) in [6, 6.07) is 3.70. The summed E-state index contributed by atoms with van der Waals surface area (Å²) in [5, 5.41) is 12.4. The zero-order valence-corrected chi connectivity index (χ0v) is 11.9. The number of pyridine rings is 1. The van der Waals surface area contributed by atoms with Crippen LogP contribution in [-0.4, -0.2) is 22.0 Å². The number of nitrogens with one attached hydrogen (secondary N) is 1. The zero-order chi connectivity index (χ0) is 14.8. The summed E-state index contributed by atoms with van der Waals surface area (Å²) in [6.45, 7) is 0.432. The van der Waals surface area contributed by atoms with E-state index in [-0.39, 0.29) is 23.7 Å². The average molecular weight is 288 g/mol. The summed E-state index contributed by atoms with van der Waals surface area (Å²) in [5.74, 6) is -1.38. The lowest BCUT2D eigenvalue weighted by Gasteiger charge is -2.45. The Balaban J connectivity index is 1.69. The van der Waals surface area contributed by atoms with Gasteiger partial charge in [0.1, 0.15) is 0 Å². The van der Waals surface area contributed by atoms with Gasteiger partial charge in [0.2, 0.25) is 5.91 Å². The SMILES string of the molecule is O=C(O)[C@@H]1C2CCC(CC2)[C@@H]1C(=O)NCc1ccncc1. The Bertz CT molecular complexity index is 524. The number of rotatable bonds is 4. The van der Waals surface area contributed by atoms with Crippen molar-refractivity contribution < 1.29 is 14.7 Å². The number of fused-ring (bicyclic) bond motifs is 3. The maximum Gasteiger partial charge on any atom is 0.307 e. The number of nitrogens with zero attached hydrogens (tertiary/aromatic N) is 1. The third-order valence-electron chi connectivity index (χ3n) is 5.02. The van der Waals surface area contributed by atoms with E-state index < -0.39 is 11.9 Å². The van der Waals surface area contributed by atoms with Gasteiger partial charge in [0.25, 0.3) is 0 Å². The topological polar surface area (TPSA) is 79.3 Å². The maximum atomic E-state index is 12.5. The van der Waals surface area contributed by atoms with Gasteiger partial charge >= 0.3 is 5.97 Å². The van der Waals surface area contributed by atoms with Crippen LogP contribution in [0.25, 0.3) is 0 Å². The molecule has 1 aromatic heterocycles. The van der Waals surface area contributed by atoms with Crippen molar-refractivity contribution in [3.63, 3.8) is 0 Å². The second-order valence-corrected chi connectivity index (χ2v) is 6.14. The van der Waals surface area contributed by atoms with Gasteiger partial charge in [-0.05, 0) is 55.2 Å². The molecule has 0 radical (unpaired) electrons. The lowest BCUT2D eigenvalue weighted by molar-refractivity contribution is -0.158. The number of carboxylic acid groups (broad SMARTS) is 1. The molecule has 3 aliphatic carbocycles. The molecule has 2 bridgehead atoms. The first-order valence-corrected chi connectivity index (χ1v) is 7.56. The fraction of sp³-hybridized carbons (Fsp3) is 0.562. The first-order chi connectivity index (χ1) is 10.2. The Hall–Kier alpha value is -1.91. The van der Waals surface area contributed by atoms with Crippen LogP contribution in [0, 0.1) is 23.7 Å². The van der Waals surface area contributed by atoms with Gasteiger partial charge in [-0.1, -0.05) is 0 Å². The predicted molar refractivity (Wildman–Crippen MR) is 76.1 cm³/mol. The number of amides is 1. The molecule has 5 heteroatoms. The summed E-state index contributed by atoms with van der Waals surface area (Å²) in [6.07, 6.45) is 7.25. The molecule has 3 saturated carbocycles. The van der Waals surface area contributed by atoms with E-state index in [2.05, 4.69) is 10.3 Å². The minimum atomic E-state index is -0.812. The molecule has 2 atom stereocenters. The third kappa shape index (κ3) is 2.77. The summed E-state index contributed by atoms with van der Waals surface area (Å²) in [7, 11) is 0. The fourth-order valence-corrected chi connectivity index (χ4v) is 3.99. The number of hydrogen-bond acceptors (Lipinski definition) is 3. The van der Waals surface area contributed by atoms with Crippen LogP contribution in [0.2, 0.25) is 0 Å². The van der Waals surface area contributed by atoms with E-state index in [0.717, 1.165) is 31.2 Å². The van der Waals surface area contributed by atoms with Gasteiger partial charge in [-0.25, -0.2) is 0 Å². The Morgan fingerprint density at radius 3 is 2.24 bits per heavy atom. The van der Waals surface area contributed by atoms with Crippen LogP contribution >= 0.6 is 0 Å². The smallest absolute Gasteiger partial charge is 0.307 e. The number of carbonyl (C=O) groups excluding carboxylic acids is 1. The molecule has 0 aliphatic heterocycles. The van der Waals surface area contributed by atoms with Crippen LogP contribution in [0.4, 0.5) is 0 Å². The van der Waals surface area contributed by atoms with E-state index in [1.54, 1.807) is 12.4 Å². The van der Waals surface area contributed by atoms with Crippen molar-refractivity contribution in [3.05, 3.63) is 30.1 Å². The quantitative estimate of drug-likeness (QED) is 0.886. The molecule has 0 aromatic carbocycles. The molecule has 3 aliphatic rings. The number of aromatic nitrogens is 1. The molecule has 1 heterocycles. The van der Waals surface area contributed by atoms with Crippen LogP contribution in [0.5, 0.6) is 0 Å². The van der Waals surface area contributed by atoms with E-state index in [1.807, 2.05) is 12.1 Å². The van der Waals surface area contributed by atoms with Crippen LogP contribution in [0.1, 0.15) is 31.2 Å². The highest BCUT2D eigenvalue weighted by atomic mass is 16.4. The van der Waals surface area contributed by atoms with Gasteiger partial charge in [-0.3, -0.25) is 14.6 Å².